The van der Waals surface area contributed by atoms with Gasteiger partial charge in [-0.25, -0.2) is 4.39 Å². The summed E-state index contributed by atoms with van der Waals surface area (Å²) in [5, 5.41) is 0.000128. The largest absolute Gasteiger partial charge is 0.450 e. The molecule has 5 rings (SSSR count). The normalized spacial score (nSPS) is 18.9. The van der Waals surface area contributed by atoms with Crippen molar-refractivity contribution in [1.82, 2.24) is 4.90 Å². The van der Waals surface area contributed by atoms with Gasteiger partial charge in [-0.05, 0) is 51.0 Å². The van der Waals surface area contributed by atoms with Gasteiger partial charge in [0, 0.05) is 25.3 Å². The lowest BCUT2D eigenvalue weighted by Gasteiger charge is -2.34. The maximum Gasteiger partial charge on any atom is 0.291 e. The average molecular weight is 479 g/mol. The molecule has 0 saturated carbocycles. The molecule has 0 N–H and O–H groups in total. The van der Waals surface area contributed by atoms with E-state index in [0.29, 0.717) is 37.2 Å². The first kappa shape index (κ1) is 23.2. The first-order valence-corrected chi connectivity index (χ1v) is 11.9. The number of hydrogen-bond donors (Lipinski definition) is 0. The summed E-state index contributed by atoms with van der Waals surface area (Å²) >= 11 is 0. The number of carbonyl (C=O) groups is 2. The van der Waals surface area contributed by atoms with Crippen LogP contribution in [0.4, 0.5) is 10.1 Å². The van der Waals surface area contributed by atoms with Gasteiger partial charge in [-0.1, -0.05) is 25.1 Å². The summed E-state index contributed by atoms with van der Waals surface area (Å²) in [5.74, 6) is -1.67. The Morgan fingerprint density at radius 3 is 2.60 bits per heavy atom. The minimum absolute atomic E-state index is 0.000128. The highest BCUT2D eigenvalue weighted by Crippen LogP contribution is 2.52. The van der Waals surface area contributed by atoms with Crippen LogP contribution in [0.15, 0.2) is 51.7 Å². The summed E-state index contributed by atoms with van der Waals surface area (Å²) in [6.45, 7) is 6.80. The van der Waals surface area contributed by atoms with E-state index in [-0.39, 0.29) is 40.8 Å². The molecule has 1 atom stereocenters. The Bertz CT molecular complexity index is 1400. The van der Waals surface area contributed by atoms with Crippen LogP contribution in [-0.2, 0) is 15.1 Å². The fourth-order valence-electron chi connectivity index (χ4n) is 5.25. The fourth-order valence-corrected chi connectivity index (χ4v) is 5.25. The third-order valence-electron chi connectivity index (χ3n) is 6.62. The van der Waals surface area contributed by atoms with Crippen LogP contribution in [0.25, 0.3) is 11.0 Å². The number of anilines is 1. The van der Waals surface area contributed by atoms with Gasteiger partial charge < -0.3 is 19.0 Å². The minimum Gasteiger partial charge on any atom is -0.450 e. The molecule has 0 radical (unpaired) electrons. The van der Waals surface area contributed by atoms with Gasteiger partial charge in [0.2, 0.25) is 5.76 Å². The molecule has 0 aliphatic carbocycles. The van der Waals surface area contributed by atoms with E-state index in [2.05, 4.69) is 0 Å². The van der Waals surface area contributed by atoms with Gasteiger partial charge in [-0.2, -0.15) is 0 Å². The molecular weight excluding hydrogens is 451 g/mol. The number of nitrogens with zero attached hydrogens (tertiary/aromatic N) is 2. The summed E-state index contributed by atoms with van der Waals surface area (Å²) < 4.78 is 25.7. The molecule has 2 aliphatic rings. The highest BCUT2D eigenvalue weighted by molar-refractivity contribution is 6.17. The molecule has 2 aliphatic heterocycles. The van der Waals surface area contributed by atoms with Crippen molar-refractivity contribution in [3.63, 3.8) is 0 Å². The molecule has 8 heteroatoms. The van der Waals surface area contributed by atoms with E-state index >= 15 is 0 Å². The molecule has 182 valence electrons. The van der Waals surface area contributed by atoms with E-state index in [1.807, 2.05) is 32.9 Å². The number of carbonyl (C=O) groups excluding carboxylic acids is 2. The van der Waals surface area contributed by atoms with Gasteiger partial charge in [0.1, 0.15) is 11.4 Å². The standard InChI is InChI=1S/C27H27FN2O5/c1-4-12-29-20-9-6-5-8-19(20)27(26(29)33)22-23(31)18-15-17(28)10-11-21(18)35-24(22)25(32)30(27)13-7-14-34-16(2)3/h5-6,8-11,15-16H,4,7,12-14H2,1-3H3/t27-/m0/s1. The van der Waals surface area contributed by atoms with Gasteiger partial charge >= 0.3 is 0 Å². The Kier molecular flexibility index (Phi) is 5.71. The molecule has 0 fully saturated rings. The lowest BCUT2D eigenvalue weighted by molar-refractivity contribution is -0.126. The van der Waals surface area contributed by atoms with Crippen LogP contribution in [0.2, 0.25) is 0 Å². The molecule has 7 nitrogen and oxygen atoms in total. The molecule has 1 aromatic heterocycles. The third-order valence-corrected chi connectivity index (χ3v) is 6.62. The highest BCUT2D eigenvalue weighted by atomic mass is 19.1. The number of fused-ring (bicyclic) bond motifs is 5. The van der Waals surface area contributed by atoms with Gasteiger partial charge in [0.15, 0.2) is 11.0 Å². The fraction of sp³-hybridized carbons (Fsp3) is 0.370. The Balaban J connectivity index is 1.78. The number of para-hydroxylation sites is 1. The number of amides is 2. The van der Waals surface area contributed by atoms with Crippen LogP contribution >= 0.6 is 0 Å². The lowest BCUT2D eigenvalue weighted by atomic mass is 9.84. The van der Waals surface area contributed by atoms with Crippen LogP contribution < -0.4 is 10.3 Å². The average Bonchev–Trinajstić information content (AvgIpc) is 3.22. The molecule has 1 spiro atoms. The number of halogens is 1. The van der Waals surface area contributed by atoms with E-state index in [1.54, 1.807) is 17.0 Å². The molecule has 0 bridgehead atoms. The topological polar surface area (TPSA) is 80.1 Å². The lowest BCUT2D eigenvalue weighted by Crippen LogP contribution is -2.53. The van der Waals surface area contributed by atoms with Crippen molar-refractivity contribution in [3.05, 3.63) is 75.4 Å². The zero-order valence-corrected chi connectivity index (χ0v) is 20.0. The van der Waals surface area contributed by atoms with Crippen molar-refractivity contribution in [3.8, 4) is 0 Å². The van der Waals surface area contributed by atoms with Crippen molar-refractivity contribution < 1.29 is 23.1 Å². The van der Waals surface area contributed by atoms with Gasteiger partial charge in [0.05, 0.1) is 22.7 Å². The molecule has 3 aromatic rings. The first-order chi connectivity index (χ1) is 16.8. The van der Waals surface area contributed by atoms with E-state index in [9.17, 15) is 18.8 Å². The monoisotopic (exact) mass is 478 g/mol. The molecule has 35 heavy (non-hydrogen) atoms. The smallest absolute Gasteiger partial charge is 0.291 e. The first-order valence-electron chi connectivity index (χ1n) is 11.9. The van der Waals surface area contributed by atoms with E-state index in [1.165, 1.54) is 17.0 Å². The van der Waals surface area contributed by atoms with Crippen LogP contribution in [0.5, 0.6) is 0 Å². The van der Waals surface area contributed by atoms with Crippen LogP contribution in [0, 0.1) is 5.82 Å². The second-order valence-electron chi connectivity index (χ2n) is 9.19. The number of rotatable bonds is 7. The summed E-state index contributed by atoms with van der Waals surface area (Å²) in [6.07, 6.45) is 1.18. The Hall–Kier alpha value is -3.52. The predicted octanol–water partition coefficient (Wildman–Crippen LogP) is 4.20. The highest BCUT2D eigenvalue weighted by Gasteiger charge is 2.64. The van der Waals surface area contributed by atoms with Gasteiger partial charge in [-0.3, -0.25) is 14.4 Å². The summed E-state index contributed by atoms with van der Waals surface area (Å²) in [6, 6.07) is 10.8. The van der Waals surface area contributed by atoms with Gasteiger partial charge in [-0.15, -0.1) is 0 Å². The summed E-state index contributed by atoms with van der Waals surface area (Å²) in [7, 11) is 0. The SMILES string of the molecule is CCCN1C(=O)[C@]2(c3ccccc31)c1c(oc3ccc(F)cc3c1=O)C(=O)N2CCCOC(C)C. The van der Waals surface area contributed by atoms with Crippen LogP contribution in [0.3, 0.4) is 0 Å². The molecule has 2 amide bonds. The molecule has 2 aromatic carbocycles. The van der Waals surface area contributed by atoms with Crippen molar-refractivity contribution in [2.75, 3.05) is 24.6 Å². The quantitative estimate of drug-likeness (QED) is 0.476. The minimum atomic E-state index is -1.67. The van der Waals surface area contributed by atoms with E-state index in [4.69, 9.17) is 9.15 Å². The molecule has 0 unspecified atom stereocenters. The van der Waals surface area contributed by atoms with E-state index < -0.39 is 22.7 Å². The molecular formula is C27H27FN2O5. The summed E-state index contributed by atoms with van der Waals surface area (Å²) in [5.41, 5.74) is -0.969. The molecule has 0 saturated heterocycles. The maximum atomic E-state index is 14.2. The van der Waals surface area contributed by atoms with Crippen LogP contribution in [0.1, 0.15) is 55.3 Å². The third kappa shape index (κ3) is 3.31. The zero-order valence-electron chi connectivity index (χ0n) is 20.0. The Labute approximate surface area is 202 Å². The second kappa shape index (κ2) is 8.61. The van der Waals surface area contributed by atoms with Crippen molar-refractivity contribution in [2.45, 2.75) is 45.3 Å². The number of benzene rings is 2. The van der Waals surface area contributed by atoms with Crippen molar-refractivity contribution >= 4 is 28.5 Å². The van der Waals surface area contributed by atoms with Crippen molar-refractivity contribution in [1.29, 1.82) is 0 Å². The predicted molar refractivity (Wildman–Crippen MR) is 129 cm³/mol. The number of ether oxygens (including phenoxy) is 1. The zero-order chi connectivity index (χ0) is 24.9. The van der Waals surface area contributed by atoms with Gasteiger partial charge in [0.25, 0.3) is 11.8 Å². The second-order valence-corrected chi connectivity index (χ2v) is 9.19. The van der Waals surface area contributed by atoms with E-state index in [0.717, 1.165) is 6.07 Å². The number of hydrogen-bond acceptors (Lipinski definition) is 5. The molecule has 3 heterocycles. The van der Waals surface area contributed by atoms with Crippen molar-refractivity contribution in [2.24, 2.45) is 0 Å². The van der Waals surface area contributed by atoms with Crippen LogP contribution in [-0.4, -0.2) is 42.5 Å². The Morgan fingerprint density at radius 1 is 1.09 bits per heavy atom. The summed E-state index contributed by atoms with van der Waals surface area (Å²) in [4.78, 5) is 44.9. The maximum absolute atomic E-state index is 14.2. The Morgan fingerprint density at radius 2 is 1.86 bits per heavy atom.